The number of carbonyl (C=O) groups excluding carboxylic acids is 2. The molecule has 2 aromatic rings. The quantitative estimate of drug-likeness (QED) is 0.316. The van der Waals surface area contributed by atoms with Crippen molar-refractivity contribution in [1.29, 1.82) is 0 Å². The van der Waals surface area contributed by atoms with Gasteiger partial charge in [-0.1, -0.05) is 25.4 Å². The topological polar surface area (TPSA) is 98.6 Å². The van der Waals surface area contributed by atoms with Crippen LogP contribution in [0, 0.1) is 0 Å². The number of nitrogens with zero attached hydrogens (tertiary/aromatic N) is 4. The van der Waals surface area contributed by atoms with E-state index in [4.69, 9.17) is 16.3 Å². The molecule has 1 aliphatic rings. The van der Waals surface area contributed by atoms with Crippen LogP contribution in [-0.2, 0) is 14.3 Å². The molecule has 3 heterocycles. The summed E-state index contributed by atoms with van der Waals surface area (Å²) in [6.07, 6.45) is -1.24. The Labute approximate surface area is 217 Å². The minimum Gasteiger partial charge on any atom is -0.411 e. The van der Waals surface area contributed by atoms with E-state index in [1.54, 1.807) is 19.1 Å². The highest BCUT2D eigenvalue weighted by molar-refractivity contribution is 6.29. The number of methoxy groups -OCH3 is 1. The van der Waals surface area contributed by atoms with Crippen LogP contribution in [0.4, 0.5) is 13.2 Å². The summed E-state index contributed by atoms with van der Waals surface area (Å²) in [6.45, 7) is 7.29. The SMILES string of the molecule is CC.COC(C)/C=C(\C=C(/C)OC(F)(F)F)c1cc(C(=O)N2CCNC(=O)C2)nn1-c1ccnc(Cl)c1. The lowest BCUT2D eigenvalue weighted by molar-refractivity contribution is -0.305. The molecule has 1 atom stereocenters. The second kappa shape index (κ2) is 13.2. The summed E-state index contributed by atoms with van der Waals surface area (Å²) in [7, 11) is 1.44. The van der Waals surface area contributed by atoms with Gasteiger partial charge in [-0.05, 0) is 38.1 Å². The van der Waals surface area contributed by atoms with Crippen molar-refractivity contribution < 1.29 is 32.2 Å². The van der Waals surface area contributed by atoms with Crippen LogP contribution in [0.3, 0.4) is 0 Å². The van der Waals surface area contributed by atoms with E-state index in [0.717, 1.165) is 6.92 Å². The number of rotatable bonds is 7. The molecule has 0 aromatic carbocycles. The average Bonchev–Trinajstić information content (AvgIpc) is 3.28. The van der Waals surface area contributed by atoms with Crippen LogP contribution in [0.15, 0.2) is 42.3 Å². The molecule has 0 spiro atoms. The Morgan fingerprint density at radius 1 is 1.30 bits per heavy atom. The largest absolute Gasteiger partial charge is 0.572 e. The molecule has 2 amide bonds. The normalized spacial score (nSPS) is 15.5. The van der Waals surface area contributed by atoms with E-state index in [-0.39, 0.29) is 41.1 Å². The molecule has 1 aliphatic heterocycles. The Kier molecular flexibility index (Phi) is 10.7. The van der Waals surface area contributed by atoms with Gasteiger partial charge in [0.25, 0.3) is 5.91 Å². The van der Waals surface area contributed by atoms with Gasteiger partial charge in [-0.15, -0.1) is 13.2 Å². The van der Waals surface area contributed by atoms with Gasteiger partial charge in [0, 0.05) is 38.0 Å². The summed E-state index contributed by atoms with van der Waals surface area (Å²) >= 11 is 6.03. The number of allylic oxidation sites excluding steroid dienone is 3. The minimum atomic E-state index is -4.88. The summed E-state index contributed by atoms with van der Waals surface area (Å²) < 4.78 is 49.0. The lowest BCUT2D eigenvalue weighted by Crippen LogP contribution is -2.50. The van der Waals surface area contributed by atoms with Crippen molar-refractivity contribution in [2.75, 3.05) is 26.7 Å². The number of aromatic nitrogens is 3. The van der Waals surface area contributed by atoms with E-state index in [2.05, 4.69) is 20.1 Å². The summed E-state index contributed by atoms with van der Waals surface area (Å²) in [5.41, 5.74) is 0.915. The van der Waals surface area contributed by atoms with E-state index in [1.165, 1.54) is 41.1 Å². The van der Waals surface area contributed by atoms with E-state index < -0.39 is 24.1 Å². The van der Waals surface area contributed by atoms with Crippen LogP contribution in [0.5, 0.6) is 0 Å². The number of hydrogen-bond donors (Lipinski definition) is 1. The van der Waals surface area contributed by atoms with Gasteiger partial charge in [0.15, 0.2) is 5.69 Å². The lowest BCUT2D eigenvalue weighted by Gasteiger charge is -2.25. The van der Waals surface area contributed by atoms with Gasteiger partial charge in [0.2, 0.25) is 5.91 Å². The first kappa shape index (κ1) is 29.8. The van der Waals surface area contributed by atoms with Gasteiger partial charge in [-0.2, -0.15) is 5.10 Å². The third-order valence-corrected chi connectivity index (χ3v) is 5.13. The highest BCUT2D eigenvalue weighted by Crippen LogP contribution is 2.27. The average molecular weight is 544 g/mol. The number of piperazine rings is 1. The van der Waals surface area contributed by atoms with Gasteiger partial charge in [0.1, 0.15) is 10.9 Å². The first-order chi connectivity index (χ1) is 17.5. The highest BCUT2D eigenvalue weighted by Gasteiger charge is 2.31. The van der Waals surface area contributed by atoms with E-state index in [1.807, 2.05) is 13.8 Å². The Morgan fingerprint density at radius 3 is 2.59 bits per heavy atom. The fraction of sp³-hybridized carbons (Fsp3) is 0.417. The fourth-order valence-electron chi connectivity index (χ4n) is 3.35. The molecule has 1 fully saturated rings. The molecule has 0 radical (unpaired) electrons. The third kappa shape index (κ3) is 8.60. The molecule has 1 unspecified atom stereocenters. The van der Waals surface area contributed by atoms with Crippen molar-refractivity contribution in [3.8, 4) is 5.69 Å². The number of nitrogens with one attached hydrogen (secondary N) is 1. The van der Waals surface area contributed by atoms with Crippen molar-refractivity contribution >= 4 is 29.0 Å². The fourth-order valence-corrected chi connectivity index (χ4v) is 3.51. The maximum Gasteiger partial charge on any atom is 0.572 e. The number of ether oxygens (including phenoxy) is 2. The van der Waals surface area contributed by atoms with Crippen molar-refractivity contribution in [3.05, 3.63) is 58.8 Å². The summed E-state index contributed by atoms with van der Waals surface area (Å²) in [6, 6.07) is 4.49. The van der Waals surface area contributed by atoms with Crippen molar-refractivity contribution in [2.45, 2.75) is 40.2 Å². The van der Waals surface area contributed by atoms with Crippen LogP contribution >= 0.6 is 11.6 Å². The zero-order valence-corrected chi connectivity index (χ0v) is 21.9. The second-order valence-electron chi connectivity index (χ2n) is 7.61. The maximum atomic E-state index is 13.1. The highest BCUT2D eigenvalue weighted by atomic mass is 35.5. The molecule has 1 saturated heterocycles. The van der Waals surface area contributed by atoms with E-state index in [9.17, 15) is 22.8 Å². The first-order valence-electron chi connectivity index (χ1n) is 11.4. The summed E-state index contributed by atoms with van der Waals surface area (Å²) in [5, 5.41) is 7.17. The molecular weight excluding hydrogens is 515 g/mol. The van der Waals surface area contributed by atoms with Gasteiger partial charge in [-0.3, -0.25) is 9.59 Å². The summed E-state index contributed by atoms with van der Waals surface area (Å²) in [5.74, 6) is -1.25. The molecule has 0 aliphatic carbocycles. The number of hydrogen-bond acceptors (Lipinski definition) is 6. The predicted octanol–water partition coefficient (Wildman–Crippen LogP) is 4.38. The number of pyridine rings is 1. The van der Waals surface area contributed by atoms with Gasteiger partial charge < -0.3 is 19.7 Å². The van der Waals surface area contributed by atoms with Crippen LogP contribution in [0.2, 0.25) is 5.15 Å². The van der Waals surface area contributed by atoms with Crippen LogP contribution in [0.25, 0.3) is 11.3 Å². The second-order valence-corrected chi connectivity index (χ2v) is 7.99. The Morgan fingerprint density at radius 2 is 2.00 bits per heavy atom. The van der Waals surface area contributed by atoms with Gasteiger partial charge in [-0.25, -0.2) is 9.67 Å². The zero-order chi connectivity index (χ0) is 27.8. The maximum absolute atomic E-state index is 13.1. The number of alkyl halides is 3. The standard InChI is InChI=1S/C22H23ClF3N5O4.C2H6/c1-13(34-3)8-15(9-14(2)35-22(24,25)26)18-11-17(21(33)30-7-6-28-20(32)12-30)29-31(18)16-4-5-27-19(23)10-16;1-2/h4-5,8-11,13H,6-7,12H2,1-3H3,(H,28,32);1-2H3/b14-9+,15-8+;. The molecule has 3 rings (SSSR count). The first-order valence-corrected chi connectivity index (χ1v) is 11.8. The van der Waals surface area contributed by atoms with Crippen molar-refractivity contribution in [1.82, 2.24) is 25.0 Å². The van der Waals surface area contributed by atoms with Crippen LogP contribution in [-0.4, -0.2) is 70.7 Å². The molecule has 0 saturated carbocycles. The molecule has 0 bridgehead atoms. The Bertz CT molecular complexity index is 1160. The summed E-state index contributed by atoms with van der Waals surface area (Å²) in [4.78, 5) is 30.1. The molecular formula is C24H29ClF3N5O4. The molecule has 1 N–H and O–H groups in total. The van der Waals surface area contributed by atoms with E-state index in [0.29, 0.717) is 12.2 Å². The third-order valence-electron chi connectivity index (χ3n) is 4.93. The Balaban J connectivity index is 0.00000235. The number of halogens is 4. The number of carbonyl (C=O) groups is 2. The Hall–Kier alpha value is -3.38. The zero-order valence-electron chi connectivity index (χ0n) is 21.1. The van der Waals surface area contributed by atoms with Gasteiger partial charge in [0.05, 0.1) is 24.0 Å². The minimum absolute atomic E-state index is 0.0126. The van der Waals surface area contributed by atoms with Crippen LogP contribution in [0.1, 0.15) is 43.9 Å². The van der Waals surface area contributed by atoms with E-state index >= 15 is 0 Å². The molecule has 202 valence electrons. The number of amides is 2. The molecule has 37 heavy (non-hydrogen) atoms. The molecule has 9 nitrogen and oxygen atoms in total. The smallest absolute Gasteiger partial charge is 0.411 e. The lowest BCUT2D eigenvalue weighted by atomic mass is 10.1. The molecule has 13 heteroatoms. The van der Waals surface area contributed by atoms with Gasteiger partial charge >= 0.3 is 6.36 Å². The van der Waals surface area contributed by atoms with Crippen LogP contribution < -0.4 is 5.32 Å². The molecule has 2 aromatic heterocycles. The van der Waals surface area contributed by atoms with Crippen molar-refractivity contribution in [2.24, 2.45) is 0 Å². The predicted molar refractivity (Wildman–Crippen MR) is 132 cm³/mol. The monoisotopic (exact) mass is 543 g/mol. The van der Waals surface area contributed by atoms with Crippen molar-refractivity contribution in [3.63, 3.8) is 0 Å².